The van der Waals surface area contributed by atoms with Gasteiger partial charge in [-0.2, -0.15) is 0 Å². The van der Waals surface area contributed by atoms with E-state index in [1.54, 1.807) is 12.1 Å². The van der Waals surface area contributed by atoms with Crippen molar-refractivity contribution in [3.8, 4) is 0 Å². The highest BCUT2D eigenvalue weighted by Gasteiger charge is 2.22. The Morgan fingerprint density at radius 2 is 2.38 bits per heavy atom. The van der Waals surface area contributed by atoms with Crippen molar-refractivity contribution in [1.82, 2.24) is 5.32 Å². The Balaban J connectivity index is 2.07. The summed E-state index contributed by atoms with van der Waals surface area (Å²) in [5, 5.41) is 5.65. The van der Waals surface area contributed by atoms with Gasteiger partial charge in [0.25, 0.3) is 0 Å². The second kappa shape index (κ2) is 4.93. The Morgan fingerprint density at radius 1 is 1.56 bits per heavy atom. The van der Waals surface area contributed by atoms with Gasteiger partial charge in [0.1, 0.15) is 5.82 Å². The number of amides is 1. The van der Waals surface area contributed by atoms with Gasteiger partial charge in [0.15, 0.2) is 0 Å². The average Bonchev–Trinajstić information content (AvgIpc) is 2.76. The molecule has 1 amide bonds. The molecule has 0 radical (unpaired) electrons. The lowest BCUT2D eigenvalue weighted by Crippen LogP contribution is -2.35. The molecule has 1 saturated heterocycles. The van der Waals surface area contributed by atoms with Crippen LogP contribution in [0.2, 0.25) is 0 Å². The Hall–Kier alpha value is -0.940. The van der Waals surface area contributed by atoms with Crippen LogP contribution >= 0.6 is 15.9 Å². The molecule has 1 fully saturated rings. The normalized spacial score (nSPS) is 19.8. The number of rotatable bonds is 2. The van der Waals surface area contributed by atoms with E-state index in [1.165, 1.54) is 6.07 Å². The highest BCUT2D eigenvalue weighted by atomic mass is 79.9. The maximum atomic E-state index is 13.4. The summed E-state index contributed by atoms with van der Waals surface area (Å²) in [4.78, 5) is 11.7. The molecule has 0 bridgehead atoms. The molecule has 16 heavy (non-hydrogen) atoms. The maximum Gasteiger partial charge on any atom is 0.241 e. The Morgan fingerprint density at radius 3 is 3.06 bits per heavy atom. The molecule has 0 spiro atoms. The summed E-state index contributed by atoms with van der Waals surface area (Å²) in [5.41, 5.74) is 0.216. The van der Waals surface area contributed by atoms with Crippen LogP contribution in [-0.2, 0) is 4.79 Å². The minimum Gasteiger partial charge on any atom is -0.322 e. The van der Waals surface area contributed by atoms with Crippen LogP contribution in [0, 0.1) is 5.82 Å². The summed E-state index contributed by atoms with van der Waals surface area (Å²) in [6.45, 7) is 0.846. The zero-order valence-corrected chi connectivity index (χ0v) is 10.2. The average molecular weight is 287 g/mol. The summed E-state index contributed by atoms with van der Waals surface area (Å²) in [6, 6.07) is 4.28. The second-order valence-electron chi connectivity index (χ2n) is 3.76. The highest BCUT2D eigenvalue weighted by Crippen LogP contribution is 2.20. The van der Waals surface area contributed by atoms with Gasteiger partial charge in [0.2, 0.25) is 5.91 Å². The minimum atomic E-state index is -0.422. The number of carbonyl (C=O) groups is 1. The number of hydrogen-bond donors (Lipinski definition) is 2. The Labute approximate surface area is 102 Å². The van der Waals surface area contributed by atoms with Gasteiger partial charge >= 0.3 is 0 Å². The van der Waals surface area contributed by atoms with Crippen molar-refractivity contribution in [2.75, 3.05) is 11.9 Å². The van der Waals surface area contributed by atoms with E-state index in [-0.39, 0.29) is 17.6 Å². The molecule has 0 aliphatic carbocycles. The lowest BCUT2D eigenvalue weighted by molar-refractivity contribution is -0.117. The fourth-order valence-electron chi connectivity index (χ4n) is 1.72. The third kappa shape index (κ3) is 2.59. The monoisotopic (exact) mass is 286 g/mol. The number of halogens is 2. The van der Waals surface area contributed by atoms with E-state index in [2.05, 4.69) is 26.6 Å². The van der Waals surface area contributed by atoms with Gasteiger partial charge in [0, 0.05) is 4.47 Å². The summed E-state index contributed by atoms with van der Waals surface area (Å²) < 4.78 is 14.1. The molecule has 2 rings (SSSR count). The lowest BCUT2D eigenvalue weighted by atomic mass is 10.2. The van der Waals surface area contributed by atoms with Gasteiger partial charge in [-0.25, -0.2) is 4.39 Å². The van der Waals surface area contributed by atoms with Crippen LogP contribution in [-0.4, -0.2) is 18.5 Å². The van der Waals surface area contributed by atoms with Crippen molar-refractivity contribution < 1.29 is 9.18 Å². The number of anilines is 1. The SMILES string of the molecule is O=C(Nc1cc(Br)ccc1F)[C@@H]1CCCN1. The number of hydrogen-bond acceptors (Lipinski definition) is 2. The van der Waals surface area contributed by atoms with E-state index in [4.69, 9.17) is 0 Å². The zero-order valence-electron chi connectivity index (χ0n) is 8.59. The van der Waals surface area contributed by atoms with Crippen molar-refractivity contribution >= 4 is 27.5 Å². The first-order chi connectivity index (χ1) is 7.66. The first-order valence-electron chi connectivity index (χ1n) is 5.16. The summed E-state index contributed by atoms with van der Waals surface area (Å²) in [7, 11) is 0. The molecule has 5 heteroatoms. The van der Waals surface area contributed by atoms with Crippen LogP contribution in [0.1, 0.15) is 12.8 Å². The number of nitrogens with one attached hydrogen (secondary N) is 2. The predicted molar refractivity (Wildman–Crippen MR) is 63.8 cm³/mol. The maximum absolute atomic E-state index is 13.4. The summed E-state index contributed by atoms with van der Waals surface area (Å²) in [5.74, 6) is -0.593. The van der Waals surface area contributed by atoms with Gasteiger partial charge in [-0.3, -0.25) is 4.79 Å². The van der Waals surface area contributed by atoms with Gasteiger partial charge in [0.05, 0.1) is 11.7 Å². The van der Waals surface area contributed by atoms with E-state index in [1.807, 2.05) is 0 Å². The van der Waals surface area contributed by atoms with Crippen molar-refractivity contribution in [2.24, 2.45) is 0 Å². The zero-order chi connectivity index (χ0) is 11.5. The third-order valence-electron chi connectivity index (χ3n) is 2.56. The lowest BCUT2D eigenvalue weighted by Gasteiger charge is -2.11. The largest absolute Gasteiger partial charge is 0.322 e. The Kier molecular flexibility index (Phi) is 3.56. The standard InChI is InChI=1S/C11H12BrFN2O/c12-7-3-4-8(13)10(6-7)15-11(16)9-2-1-5-14-9/h3-4,6,9,14H,1-2,5H2,(H,15,16)/t9-/m0/s1. The van der Waals surface area contributed by atoms with E-state index < -0.39 is 5.82 Å². The van der Waals surface area contributed by atoms with E-state index >= 15 is 0 Å². The van der Waals surface area contributed by atoms with Crippen LogP contribution in [0.15, 0.2) is 22.7 Å². The molecular formula is C11H12BrFN2O. The smallest absolute Gasteiger partial charge is 0.241 e. The van der Waals surface area contributed by atoms with E-state index in [0.717, 1.165) is 23.9 Å². The van der Waals surface area contributed by atoms with Gasteiger partial charge in [-0.15, -0.1) is 0 Å². The molecule has 1 aromatic rings. The van der Waals surface area contributed by atoms with Crippen LogP contribution < -0.4 is 10.6 Å². The number of carbonyl (C=O) groups excluding carboxylic acids is 1. The van der Waals surface area contributed by atoms with Gasteiger partial charge < -0.3 is 10.6 Å². The van der Waals surface area contributed by atoms with Crippen LogP contribution in [0.25, 0.3) is 0 Å². The molecule has 1 atom stereocenters. The molecule has 1 heterocycles. The van der Waals surface area contributed by atoms with Gasteiger partial charge in [-0.05, 0) is 37.6 Å². The fourth-order valence-corrected chi connectivity index (χ4v) is 2.08. The Bertz CT molecular complexity index is 405. The second-order valence-corrected chi connectivity index (χ2v) is 4.68. The summed E-state index contributed by atoms with van der Waals surface area (Å²) in [6.07, 6.45) is 1.79. The molecule has 1 aliphatic rings. The van der Waals surface area contributed by atoms with E-state index in [0.29, 0.717) is 0 Å². The van der Waals surface area contributed by atoms with Crippen molar-refractivity contribution in [3.05, 3.63) is 28.5 Å². The molecular weight excluding hydrogens is 275 g/mol. The topological polar surface area (TPSA) is 41.1 Å². The first kappa shape index (κ1) is 11.5. The molecule has 0 unspecified atom stereocenters. The number of benzene rings is 1. The molecule has 0 aromatic heterocycles. The molecule has 2 N–H and O–H groups in total. The molecule has 86 valence electrons. The summed E-state index contributed by atoms with van der Waals surface area (Å²) >= 11 is 3.24. The minimum absolute atomic E-state index is 0.172. The predicted octanol–water partition coefficient (Wildman–Crippen LogP) is 2.28. The third-order valence-corrected chi connectivity index (χ3v) is 3.06. The van der Waals surface area contributed by atoms with Crippen molar-refractivity contribution in [1.29, 1.82) is 0 Å². The van der Waals surface area contributed by atoms with Crippen molar-refractivity contribution in [3.63, 3.8) is 0 Å². The fraction of sp³-hybridized carbons (Fsp3) is 0.364. The first-order valence-corrected chi connectivity index (χ1v) is 5.95. The molecule has 3 nitrogen and oxygen atoms in total. The van der Waals surface area contributed by atoms with E-state index in [9.17, 15) is 9.18 Å². The van der Waals surface area contributed by atoms with Crippen LogP contribution in [0.4, 0.5) is 10.1 Å². The molecule has 1 aliphatic heterocycles. The quantitative estimate of drug-likeness (QED) is 0.876. The van der Waals surface area contributed by atoms with Crippen LogP contribution in [0.3, 0.4) is 0 Å². The highest BCUT2D eigenvalue weighted by molar-refractivity contribution is 9.10. The van der Waals surface area contributed by atoms with Crippen LogP contribution in [0.5, 0.6) is 0 Å². The van der Waals surface area contributed by atoms with Crippen molar-refractivity contribution in [2.45, 2.75) is 18.9 Å². The van der Waals surface area contributed by atoms with Gasteiger partial charge in [-0.1, -0.05) is 15.9 Å². The molecule has 0 saturated carbocycles. The molecule has 1 aromatic carbocycles.